The predicted molar refractivity (Wildman–Crippen MR) is 108 cm³/mol. The van der Waals surface area contributed by atoms with Gasteiger partial charge in [-0.3, -0.25) is 14.2 Å². The number of carbonyl (C=O) groups excluding carboxylic acids is 1. The first kappa shape index (κ1) is 18.8. The molecule has 2 aliphatic heterocycles. The lowest BCUT2D eigenvalue weighted by Gasteiger charge is -2.27. The summed E-state index contributed by atoms with van der Waals surface area (Å²) in [5.74, 6) is 0.857. The summed E-state index contributed by atoms with van der Waals surface area (Å²) in [6.07, 6.45) is 3.94. The van der Waals surface area contributed by atoms with E-state index >= 15 is 0 Å². The molecule has 4 heterocycles. The third-order valence-electron chi connectivity index (χ3n) is 5.80. The van der Waals surface area contributed by atoms with Crippen LogP contribution < -0.4 is 10.3 Å². The molecule has 3 aromatic rings. The van der Waals surface area contributed by atoms with E-state index in [1.807, 2.05) is 6.07 Å². The van der Waals surface area contributed by atoms with Gasteiger partial charge in [0.05, 0.1) is 42.9 Å². The van der Waals surface area contributed by atoms with E-state index in [-0.39, 0.29) is 30.7 Å². The molecule has 1 aromatic carbocycles. The lowest BCUT2D eigenvalue weighted by molar-refractivity contribution is 0.0719. The van der Waals surface area contributed by atoms with Gasteiger partial charge in [-0.15, -0.1) is 0 Å². The van der Waals surface area contributed by atoms with Crippen molar-refractivity contribution in [3.05, 3.63) is 52.2 Å². The Bertz CT molecular complexity index is 1170. The van der Waals surface area contributed by atoms with Crippen molar-refractivity contribution >= 4 is 16.8 Å². The highest BCUT2D eigenvalue weighted by atomic mass is 16.5. The predicted octanol–water partition coefficient (Wildman–Crippen LogP) is 1.35. The first-order valence-corrected chi connectivity index (χ1v) is 10.3. The number of aliphatic hydroxyl groups is 1. The van der Waals surface area contributed by atoms with Gasteiger partial charge in [0, 0.05) is 19.5 Å². The van der Waals surface area contributed by atoms with Gasteiger partial charge in [0.2, 0.25) is 5.88 Å². The van der Waals surface area contributed by atoms with Crippen molar-refractivity contribution < 1.29 is 14.6 Å². The normalized spacial score (nSPS) is 18.4. The van der Waals surface area contributed by atoms with E-state index in [9.17, 15) is 14.7 Å². The van der Waals surface area contributed by atoms with Gasteiger partial charge in [-0.1, -0.05) is 12.1 Å². The average molecular weight is 409 g/mol. The van der Waals surface area contributed by atoms with E-state index in [0.717, 1.165) is 19.4 Å². The van der Waals surface area contributed by atoms with E-state index in [4.69, 9.17) is 9.72 Å². The Morgan fingerprint density at radius 1 is 1.23 bits per heavy atom. The monoisotopic (exact) mass is 409 g/mol. The van der Waals surface area contributed by atoms with E-state index in [0.29, 0.717) is 47.7 Å². The van der Waals surface area contributed by atoms with Gasteiger partial charge in [-0.05, 0) is 25.0 Å². The highest BCUT2D eigenvalue weighted by Gasteiger charge is 2.36. The summed E-state index contributed by atoms with van der Waals surface area (Å²) in [6.45, 7) is 1.82. The molecule has 1 N–H and O–H groups in total. The first-order valence-electron chi connectivity index (χ1n) is 10.3. The van der Waals surface area contributed by atoms with Crippen LogP contribution in [0.4, 0.5) is 0 Å². The number of fused-ring (bicyclic) bond motifs is 2. The minimum Gasteiger partial charge on any atom is -0.477 e. The van der Waals surface area contributed by atoms with E-state index in [1.54, 1.807) is 34.0 Å². The first-order chi connectivity index (χ1) is 14.7. The number of aromatic nitrogens is 4. The maximum absolute atomic E-state index is 13.4. The molecule has 1 saturated heterocycles. The topological polar surface area (TPSA) is 102 Å². The zero-order valence-electron chi connectivity index (χ0n) is 16.5. The molecule has 0 spiro atoms. The van der Waals surface area contributed by atoms with Crippen LogP contribution in [0.3, 0.4) is 0 Å². The average Bonchev–Trinajstić information content (AvgIpc) is 3.42. The Hall–Kier alpha value is -3.20. The van der Waals surface area contributed by atoms with Crippen LogP contribution in [-0.4, -0.2) is 55.0 Å². The number of amides is 1. The summed E-state index contributed by atoms with van der Waals surface area (Å²) < 4.78 is 8.93. The van der Waals surface area contributed by atoms with Crippen molar-refractivity contribution in [2.24, 2.45) is 0 Å². The second kappa shape index (κ2) is 7.56. The molecule has 30 heavy (non-hydrogen) atoms. The van der Waals surface area contributed by atoms with Gasteiger partial charge in [0.1, 0.15) is 11.4 Å². The van der Waals surface area contributed by atoms with E-state index < -0.39 is 0 Å². The van der Waals surface area contributed by atoms with E-state index in [2.05, 4.69) is 5.10 Å². The minimum atomic E-state index is -0.347. The summed E-state index contributed by atoms with van der Waals surface area (Å²) in [7, 11) is 0. The number of rotatable bonds is 4. The smallest absolute Gasteiger partial charge is 0.261 e. The van der Waals surface area contributed by atoms with Gasteiger partial charge in [-0.2, -0.15) is 5.10 Å². The SMILES string of the molecule is O=C(c1cnn2c1OCCC2)N1CCCC1c1nc2ccccc2c(=O)n1CCO. The number of aryl methyl sites for hydroxylation is 1. The van der Waals surface area contributed by atoms with Crippen LogP contribution in [0.2, 0.25) is 0 Å². The number of nitrogens with zero attached hydrogens (tertiary/aromatic N) is 5. The highest BCUT2D eigenvalue weighted by Crippen LogP contribution is 2.34. The molecule has 1 atom stereocenters. The Morgan fingerprint density at radius 3 is 2.97 bits per heavy atom. The Labute approximate surface area is 172 Å². The quantitative estimate of drug-likeness (QED) is 0.698. The lowest BCUT2D eigenvalue weighted by atomic mass is 10.1. The van der Waals surface area contributed by atoms with Crippen molar-refractivity contribution in [3.8, 4) is 5.88 Å². The van der Waals surface area contributed by atoms with Crippen molar-refractivity contribution in [1.82, 2.24) is 24.2 Å². The largest absolute Gasteiger partial charge is 0.477 e. The molecule has 9 nitrogen and oxygen atoms in total. The molecule has 0 bridgehead atoms. The molecule has 2 aliphatic rings. The molecule has 0 radical (unpaired) electrons. The van der Waals surface area contributed by atoms with Gasteiger partial charge < -0.3 is 14.7 Å². The second-order valence-corrected chi connectivity index (χ2v) is 7.61. The van der Waals surface area contributed by atoms with Crippen molar-refractivity contribution in [3.63, 3.8) is 0 Å². The molecule has 2 aromatic heterocycles. The number of hydrogen-bond acceptors (Lipinski definition) is 6. The zero-order valence-corrected chi connectivity index (χ0v) is 16.5. The third kappa shape index (κ3) is 2.97. The number of hydrogen-bond donors (Lipinski definition) is 1. The Morgan fingerprint density at radius 2 is 2.10 bits per heavy atom. The van der Waals surface area contributed by atoms with Crippen LogP contribution in [0, 0.1) is 0 Å². The van der Waals surface area contributed by atoms with Crippen molar-refractivity contribution in [2.75, 3.05) is 19.8 Å². The fraction of sp³-hybridized carbons (Fsp3) is 0.429. The van der Waals surface area contributed by atoms with Crippen molar-refractivity contribution in [2.45, 2.75) is 38.4 Å². The number of aliphatic hydroxyl groups excluding tert-OH is 1. The maximum Gasteiger partial charge on any atom is 0.261 e. The van der Waals surface area contributed by atoms with Crippen LogP contribution in [0.1, 0.15) is 41.5 Å². The van der Waals surface area contributed by atoms with Crippen LogP contribution in [0.5, 0.6) is 5.88 Å². The fourth-order valence-corrected chi connectivity index (χ4v) is 4.40. The Balaban J connectivity index is 1.57. The molecule has 9 heteroatoms. The summed E-state index contributed by atoms with van der Waals surface area (Å²) in [5.41, 5.74) is 0.839. The molecule has 0 aliphatic carbocycles. The molecule has 1 fully saturated rings. The minimum absolute atomic E-state index is 0.136. The Kier molecular flexibility index (Phi) is 4.74. The summed E-state index contributed by atoms with van der Waals surface area (Å²) >= 11 is 0. The number of likely N-dealkylation sites (tertiary alicyclic amines) is 1. The van der Waals surface area contributed by atoms with Crippen LogP contribution >= 0.6 is 0 Å². The standard InChI is InChI=1S/C21H23N5O4/c27-11-10-25-18(23-16-6-2-1-5-14(16)19(25)28)17-7-3-8-24(17)20(29)15-13-22-26-9-4-12-30-21(15)26/h1-2,5-6,13,17,27H,3-4,7-12H2. The molecule has 5 rings (SSSR count). The van der Waals surface area contributed by atoms with Gasteiger partial charge in [0.15, 0.2) is 0 Å². The molecular weight excluding hydrogens is 386 g/mol. The second-order valence-electron chi connectivity index (χ2n) is 7.61. The maximum atomic E-state index is 13.4. The molecular formula is C21H23N5O4. The number of carbonyl (C=O) groups is 1. The van der Waals surface area contributed by atoms with Crippen LogP contribution in [0.25, 0.3) is 10.9 Å². The molecule has 1 amide bonds. The van der Waals surface area contributed by atoms with Crippen molar-refractivity contribution in [1.29, 1.82) is 0 Å². The summed E-state index contributed by atoms with van der Waals surface area (Å²) in [4.78, 5) is 33.0. The van der Waals surface area contributed by atoms with Crippen LogP contribution in [0.15, 0.2) is 35.3 Å². The van der Waals surface area contributed by atoms with Crippen LogP contribution in [-0.2, 0) is 13.1 Å². The molecule has 1 unspecified atom stereocenters. The number of ether oxygens (including phenoxy) is 1. The summed E-state index contributed by atoms with van der Waals surface area (Å²) in [6, 6.07) is 6.81. The van der Waals surface area contributed by atoms with E-state index in [1.165, 1.54) is 4.57 Å². The van der Waals surface area contributed by atoms with Gasteiger partial charge in [0.25, 0.3) is 11.5 Å². The highest BCUT2D eigenvalue weighted by molar-refractivity contribution is 5.96. The van der Waals surface area contributed by atoms with Gasteiger partial charge in [-0.25, -0.2) is 9.67 Å². The third-order valence-corrected chi connectivity index (χ3v) is 5.80. The number of para-hydroxylation sites is 1. The molecule has 156 valence electrons. The summed E-state index contributed by atoms with van der Waals surface area (Å²) in [5, 5.41) is 14.3. The molecule has 0 saturated carbocycles. The lowest BCUT2D eigenvalue weighted by Crippen LogP contribution is -2.36. The fourth-order valence-electron chi connectivity index (χ4n) is 4.40. The number of benzene rings is 1. The zero-order chi connectivity index (χ0) is 20.7. The van der Waals surface area contributed by atoms with Gasteiger partial charge >= 0.3 is 0 Å².